The van der Waals surface area contributed by atoms with Gasteiger partial charge in [-0.05, 0) is 168 Å². The summed E-state index contributed by atoms with van der Waals surface area (Å²) in [5, 5.41) is 118. The molecule has 8 aromatic rings. The maximum atomic E-state index is 12.4. The number of aryl methyl sites for hydroxylation is 6. The van der Waals surface area contributed by atoms with Gasteiger partial charge in [0, 0.05) is 52.2 Å². The highest BCUT2D eigenvalue weighted by Gasteiger charge is 2.35. The van der Waals surface area contributed by atoms with E-state index in [4.69, 9.17) is 144 Å². The Morgan fingerprint density at radius 1 is 0.366 bits per heavy atom. The quantitative estimate of drug-likeness (QED) is 0.0131. The van der Waals surface area contributed by atoms with Crippen LogP contribution in [0.5, 0.6) is 23.0 Å². The molecule has 794 valence electrons. The molecular weight excluding hydrogens is 1980 g/mol. The molecule has 0 saturated carbocycles. The second kappa shape index (κ2) is 65.1. The van der Waals surface area contributed by atoms with Crippen LogP contribution in [0.3, 0.4) is 0 Å². The lowest BCUT2D eigenvalue weighted by atomic mass is 10.0. The lowest BCUT2D eigenvalue weighted by Crippen LogP contribution is -2.53. The Kier molecular flexibility index (Phi) is 54.8. The van der Waals surface area contributed by atoms with Crippen molar-refractivity contribution in [2.24, 2.45) is 59.4 Å². The summed E-state index contributed by atoms with van der Waals surface area (Å²) in [6.07, 6.45) is -3.97. The highest BCUT2D eigenvalue weighted by atomic mass is 35.5. The molecule has 0 radical (unpaired) electrons. The zero-order valence-corrected chi connectivity index (χ0v) is 83.6. The third-order valence-corrected chi connectivity index (χ3v) is 21.9. The minimum atomic E-state index is -1.89. The van der Waals surface area contributed by atoms with Gasteiger partial charge in [-0.3, -0.25) is 75.1 Å². The molecule has 1 unspecified atom stereocenters. The first-order chi connectivity index (χ1) is 68.9. The van der Waals surface area contributed by atoms with Crippen LogP contribution in [0, 0.1) is 13.8 Å². The maximum Gasteiger partial charge on any atom is 0.280 e. The summed E-state index contributed by atoms with van der Waals surface area (Å²) in [4.78, 5) is 113. The molecule has 4 aromatic carbocycles. The first-order valence-corrected chi connectivity index (χ1v) is 47.2. The molecule has 0 aliphatic heterocycles. The Bertz CT molecular complexity index is 5510. The van der Waals surface area contributed by atoms with E-state index >= 15 is 0 Å². The number of benzene rings is 4. The van der Waals surface area contributed by atoms with Crippen molar-refractivity contribution in [2.45, 2.75) is 173 Å². The van der Waals surface area contributed by atoms with Crippen molar-refractivity contribution in [1.82, 2.24) is 66.0 Å². The Morgan fingerprint density at radius 3 is 0.959 bits per heavy atom. The van der Waals surface area contributed by atoms with Crippen LogP contribution in [0.4, 0.5) is 34.9 Å². The highest BCUT2D eigenvalue weighted by Crippen LogP contribution is 2.25. The minimum absolute atomic E-state index is 0.00371. The Hall–Kier alpha value is -13.4. The van der Waals surface area contributed by atoms with Gasteiger partial charge in [0.25, 0.3) is 23.6 Å². The van der Waals surface area contributed by atoms with Gasteiger partial charge in [0.1, 0.15) is 86.0 Å². The first kappa shape index (κ1) is 122. The number of ketones is 1. The van der Waals surface area contributed by atoms with Crippen LogP contribution in [-0.2, 0) is 30.5 Å². The number of nitrogens with zero attached hydrogens (tertiary/aromatic N) is 14. The molecule has 39 N–H and O–H groups in total. The fourth-order valence-corrected chi connectivity index (χ4v) is 12.9. The number of hydrogen-bond acceptors (Lipinski definition) is 40. The van der Waals surface area contributed by atoms with Gasteiger partial charge < -0.3 is 144 Å². The van der Waals surface area contributed by atoms with Gasteiger partial charge in [0.15, 0.2) is 114 Å². The molecule has 4 aromatic heterocycles. The lowest BCUT2D eigenvalue weighted by molar-refractivity contribution is -0.130. The molecule has 145 heavy (non-hydrogen) atoms. The maximum absolute atomic E-state index is 12.4. The number of amides is 4. The summed E-state index contributed by atoms with van der Waals surface area (Å²) < 4.78 is 22.3. The summed E-state index contributed by atoms with van der Waals surface area (Å²) in [7, 11) is 0. The van der Waals surface area contributed by atoms with Gasteiger partial charge in [-0.25, -0.2) is 39.9 Å². The van der Waals surface area contributed by atoms with Crippen molar-refractivity contribution in [3.05, 3.63) is 174 Å². The number of guanidine groups is 5. The number of unbranched alkanes of at least 4 members (excludes halogenated alkanes) is 4. The molecule has 54 heteroatoms. The monoisotopic (exact) mass is 2100 g/mol. The van der Waals surface area contributed by atoms with Crippen LogP contribution in [-0.4, -0.2) is 307 Å². The number of rotatable bonds is 52. The number of aliphatic imine (C=N–C) groups is 5. The Morgan fingerprint density at radius 2 is 0.655 bits per heavy atom. The molecule has 0 aliphatic carbocycles. The molecule has 50 nitrogen and oxygen atoms in total. The zero-order valence-electron chi connectivity index (χ0n) is 80.5. The number of carbonyl (C=O) groups excluding carboxylic acids is 5. The van der Waals surface area contributed by atoms with Crippen LogP contribution in [0.25, 0.3) is 0 Å². The number of nitrogens with two attached hydrogens (primary N) is 12. The molecule has 0 spiro atoms. The van der Waals surface area contributed by atoms with E-state index in [0.29, 0.717) is 87.9 Å². The van der Waals surface area contributed by atoms with E-state index in [9.17, 15) is 69.9 Å². The standard InChI is InChI=1S/C31H50ClN7O12.C20H28ClN9O2.C20H28ClN7O3.C20H26ClN7O3/c1-16-28(32)37-23(29(33)36-16)30(50)38-31(34)35-9-3-2-4-17-5-7-18(8-6-17)51-11-10-39(12-19(42)24(46)26(48)21(44)14-40)13-20(43)25(47)27(49)22(45)15-41;1-12-16(21)29-15(17(22)28-12)18(31)30-20(25)27-9-3-2-4-13-5-7-14(8-6-13)32-11-10-26-19(23)24;2*1-2-13(29)11-31-14-8-6-12(7-9-14)5-3-4-10-25-20(24)28-19(30)15-17(22)27-18(23)16(21)26-15/h5-8,19-22,24-27,40-49H,2-4,9-15H2,1H3,(H2,33,36)(H3,34,35,38,50);5-8H,2-4,9-11H2,1H3,(H2,22,28)(H4,23,24,26)(H3,25,27,30,31);6-9,13,29H,2-5,10-11H2,1H3,(H4,22,23,27)(H3,24,25,28,30);6-9H,2-5,10-11H2,1H3,(H4,22,23,27)(H3,24,25,28,30)/t19-,20-,21+,22+,24+,25+,26+,27+;;;/m0.../s1. The molecule has 0 fully saturated rings. The van der Waals surface area contributed by atoms with Crippen molar-refractivity contribution in [1.29, 1.82) is 0 Å². The minimum Gasteiger partial charge on any atom is -0.492 e. The van der Waals surface area contributed by atoms with Crippen molar-refractivity contribution >= 4 is 141 Å². The largest absolute Gasteiger partial charge is 0.492 e. The average Bonchev–Trinajstić information content (AvgIpc) is 0.844. The SMILES string of the molecule is CCC(=O)COc1ccc(CCCCN=C(N)NC(=O)c2nc(Cl)c(N)nc2N)cc1.CCC(O)COc1ccc(CCCCN=C(N)NC(=O)c2nc(Cl)c(N)nc2N)cc1.Cc1nc(N)c(C(=O)NC(N)=NCCCCc2ccc(OCCN(C[C@H](O)[C@@H](O)[C@H](O)[C@H](O)CO)C[C@H](O)[C@@H](O)[C@H](O)[C@H](O)CO)cc2)nc1Cl.Cc1nc(N)c(C(=O)NC(N)=NCCCCc2ccc(OCCN=C(N)N)cc2)nc1Cl. The number of ether oxygens (including phenoxy) is 4. The summed E-state index contributed by atoms with van der Waals surface area (Å²) in [6.45, 7) is 7.28. The van der Waals surface area contributed by atoms with Gasteiger partial charge in [0.05, 0.1) is 49.5 Å². The number of aliphatic hydroxyl groups is 11. The number of halogens is 4. The second-order valence-electron chi connectivity index (χ2n) is 32.1. The van der Waals surface area contributed by atoms with E-state index in [1.807, 2.05) is 91.9 Å². The van der Waals surface area contributed by atoms with Crippen molar-refractivity contribution in [3.8, 4) is 23.0 Å². The molecule has 8 rings (SSSR count). The number of nitrogens with one attached hydrogen (secondary N) is 4. The van der Waals surface area contributed by atoms with Gasteiger partial charge in [0.2, 0.25) is 0 Å². The highest BCUT2D eigenvalue weighted by molar-refractivity contribution is 6.32. The number of nitrogen functional groups attached to an aromatic ring is 6. The molecule has 4 amide bonds. The van der Waals surface area contributed by atoms with Gasteiger partial charge >= 0.3 is 0 Å². The van der Waals surface area contributed by atoms with E-state index in [1.165, 1.54) is 16.0 Å². The number of aliphatic hydroxyl groups excluding tert-OH is 11. The summed E-state index contributed by atoms with van der Waals surface area (Å²) in [5.74, 6) is -0.634. The van der Waals surface area contributed by atoms with Gasteiger partial charge in [-0.2, -0.15) is 0 Å². The van der Waals surface area contributed by atoms with Crippen molar-refractivity contribution in [3.63, 3.8) is 0 Å². The zero-order chi connectivity index (χ0) is 107. The third kappa shape index (κ3) is 45.6. The van der Waals surface area contributed by atoms with Crippen molar-refractivity contribution < 1.29 is 99.1 Å². The lowest BCUT2D eigenvalue weighted by Gasteiger charge is -2.33. The molecule has 4 heterocycles. The van der Waals surface area contributed by atoms with Crippen LogP contribution in [0.2, 0.25) is 20.6 Å². The summed E-state index contributed by atoms with van der Waals surface area (Å²) in [6, 6.07) is 30.4. The van der Waals surface area contributed by atoms with Crippen molar-refractivity contribution in [2.75, 3.05) is 126 Å². The second-order valence-corrected chi connectivity index (χ2v) is 33.6. The van der Waals surface area contributed by atoms with Crippen LogP contribution < -0.4 is 109 Å². The van der Waals surface area contributed by atoms with E-state index in [1.54, 1.807) is 32.9 Å². The predicted molar refractivity (Wildman–Crippen MR) is 550 cm³/mol. The molecular formula is C91H132Cl4N30O20. The summed E-state index contributed by atoms with van der Waals surface area (Å²) in [5.41, 5.74) is 72.0. The molecule has 0 aliphatic rings. The van der Waals surface area contributed by atoms with E-state index in [0.717, 1.165) is 86.8 Å². The van der Waals surface area contributed by atoms with Gasteiger partial charge in [-0.15, -0.1) is 0 Å². The first-order valence-electron chi connectivity index (χ1n) is 45.7. The number of aromatic nitrogens is 8. The number of carbonyl (C=O) groups is 5. The van der Waals surface area contributed by atoms with Gasteiger partial charge in [-0.1, -0.05) is 109 Å². The fraction of sp³-hybridized carbons (Fsp3) is 0.451. The number of hydrogen-bond donors (Lipinski definition) is 27. The normalized spacial score (nSPS) is 13.5. The average molecular weight is 2110 g/mol. The van der Waals surface area contributed by atoms with Crippen LogP contribution in [0.15, 0.2) is 122 Å². The molecule has 0 bridgehead atoms. The van der Waals surface area contributed by atoms with E-state index < -0.39 is 105 Å². The molecule has 9 atom stereocenters. The van der Waals surface area contributed by atoms with Crippen LogP contribution in [0.1, 0.15) is 154 Å². The topological polar surface area (TPSA) is 873 Å². The Balaban J connectivity index is 0.000000349. The Labute approximate surface area is 856 Å². The number of anilines is 6. The smallest absolute Gasteiger partial charge is 0.280 e. The van der Waals surface area contributed by atoms with E-state index in [-0.39, 0.29) is 140 Å². The fourth-order valence-electron chi connectivity index (χ4n) is 12.4. The number of Topliss-reactive ketones (excluding diaryl/α,β-unsaturated/α-hetero) is 1. The third-order valence-electron chi connectivity index (χ3n) is 20.6. The predicted octanol–water partition coefficient (Wildman–Crippen LogP) is -0.388. The molecule has 0 saturated heterocycles. The summed E-state index contributed by atoms with van der Waals surface area (Å²) >= 11 is 23.3. The van der Waals surface area contributed by atoms with Crippen LogP contribution >= 0.6 is 46.4 Å². The van der Waals surface area contributed by atoms with E-state index in [2.05, 4.69) is 86.1 Å².